The largest absolute Gasteiger partial charge is 0.449 e. The zero-order chi connectivity index (χ0) is 22.6. The Kier molecular flexibility index (Phi) is 4.74. The third-order valence-corrected chi connectivity index (χ3v) is 7.48. The number of pyridine rings is 1. The Bertz CT molecular complexity index is 1300. The van der Waals surface area contributed by atoms with E-state index in [0.717, 1.165) is 60.2 Å². The summed E-state index contributed by atoms with van der Waals surface area (Å²) in [5.74, 6) is 1.51. The zero-order valence-corrected chi connectivity index (χ0v) is 18.5. The first-order valence-corrected chi connectivity index (χ1v) is 11.5. The van der Waals surface area contributed by atoms with Crippen LogP contribution in [0, 0.1) is 18.3 Å². The summed E-state index contributed by atoms with van der Waals surface area (Å²) in [5.41, 5.74) is 3.67. The minimum Gasteiger partial charge on any atom is -0.449 e. The smallest absolute Gasteiger partial charge is 0.287 e. The Hall–Kier alpha value is -3.23. The summed E-state index contributed by atoms with van der Waals surface area (Å²) in [7, 11) is 0. The lowest BCUT2D eigenvalue weighted by molar-refractivity contribution is -0.0236. The van der Waals surface area contributed by atoms with E-state index >= 15 is 0 Å². The lowest BCUT2D eigenvalue weighted by atomic mass is 9.90. The first kappa shape index (κ1) is 20.4. The van der Waals surface area contributed by atoms with Gasteiger partial charge in [-0.2, -0.15) is 0 Å². The number of piperidine rings is 1. The van der Waals surface area contributed by atoms with Crippen molar-refractivity contribution < 1.29 is 14.3 Å². The van der Waals surface area contributed by atoms with Gasteiger partial charge in [0.1, 0.15) is 12.1 Å². The molecular weight excluding hydrogens is 418 g/mol. The van der Waals surface area contributed by atoms with Gasteiger partial charge in [0.25, 0.3) is 5.91 Å². The van der Waals surface area contributed by atoms with Crippen molar-refractivity contribution in [2.45, 2.75) is 32.4 Å². The summed E-state index contributed by atoms with van der Waals surface area (Å²) in [6.07, 6.45) is 5.89. The van der Waals surface area contributed by atoms with E-state index in [1.165, 1.54) is 0 Å². The fourth-order valence-electron chi connectivity index (χ4n) is 5.37. The van der Waals surface area contributed by atoms with Crippen LogP contribution in [0.5, 0.6) is 0 Å². The molecule has 170 valence electrons. The Morgan fingerprint density at radius 3 is 3.00 bits per heavy atom. The maximum Gasteiger partial charge on any atom is 0.287 e. The van der Waals surface area contributed by atoms with Gasteiger partial charge in [-0.1, -0.05) is 6.07 Å². The Morgan fingerprint density at radius 1 is 1.33 bits per heavy atom. The number of aromatic nitrogens is 3. The number of amides is 1. The van der Waals surface area contributed by atoms with Gasteiger partial charge in [-0.3, -0.25) is 14.7 Å². The van der Waals surface area contributed by atoms with Crippen LogP contribution in [0.1, 0.15) is 47.4 Å². The molecular formula is C25H27N5O3. The molecule has 8 heteroatoms. The standard InChI is InChI=1S/C25H27N5O3/c1-15-28-19-3-2-17(10-20(19)29-15)24(32)30-8-5-25(6-9-30)12-18(25)13-27-23(31)21-11-16-4-7-26-14-22(16)33-21/h2-4,7,10-11,14,18,24,32H,5-6,8-9,12-13H2,1H3,(H,27,31)(H,28,29). The first-order valence-electron chi connectivity index (χ1n) is 11.5. The van der Waals surface area contributed by atoms with Crippen LogP contribution < -0.4 is 5.32 Å². The van der Waals surface area contributed by atoms with Crippen molar-refractivity contribution in [3.05, 3.63) is 59.9 Å². The molecule has 1 spiro atoms. The normalized spacial score (nSPS) is 21.0. The van der Waals surface area contributed by atoms with Gasteiger partial charge in [-0.05, 0) is 67.3 Å². The average molecular weight is 446 g/mol. The van der Waals surface area contributed by atoms with Gasteiger partial charge in [0, 0.05) is 31.2 Å². The Labute approximate surface area is 191 Å². The highest BCUT2D eigenvalue weighted by atomic mass is 16.3. The number of furan rings is 1. The predicted octanol–water partition coefficient (Wildman–Crippen LogP) is 3.54. The molecule has 4 heterocycles. The number of carbonyl (C=O) groups excluding carboxylic acids is 1. The van der Waals surface area contributed by atoms with E-state index in [4.69, 9.17) is 4.42 Å². The highest BCUT2D eigenvalue weighted by Crippen LogP contribution is 2.59. The van der Waals surface area contributed by atoms with Crippen molar-refractivity contribution in [3.8, 4) is 0 Å². The molecule has 3 aromatic heterocycles. The molecule has 1 saturated heterocycles. The molecule has 2 aliphatic rings. The number of fused-ring (bicyclic) bond motifs is 2. The van der Waals surface area contributed by atoms with Crippen LogP contribution in [0.2, 0.25) is 0 Å². The number of rotatable bonds is 5. The SMILES string of the molecule is Cc1nc2ccc(C(O)N3CCC4(CC3)CC4CNC(=O)c3cc4ccncc4o3)cc2[nH]1. The molecule has 33 heavy (non-hydrogen) atoms. The van der Waals surface area contributed by atoms with Gasteiger partial charge in [-0.25, -0.2) is 4.98 Å². The molecule has 4 aromatic rings. The topological polar surface area (TPSA) is 107 Å². The van der Waals surface area contributed by atoms with Crippen LogP contribution in [-0.2, 0) is 0 Å². The number of aryl methyl sites for hydroxylation is 1. The van der Waals surface area contributed by atoms with Crippen molar-refractivity contribution in [2.75, 3.05) is 19.6 Å². The number of aliphatic hydroxyl groups is 1. The van der Waals surface area contributed by atoms with Gasteiger partial charge >= 0.3 is 0 Å². The second kappa shape index (κ2) is 7.67. The van der Waals surface area contributed by atoms with E-state index in [-0.39, 0.29) is 11.3 Å². The van der Waals surface area contributed by atoms with Gasteiger partial charge in [-0.15, -0.1) is 0 Å². The minimum atomic E-state index is -0.616. The molecule has 2 fully saturated rings. The monoisotopic (exact) mass is 445 g/mol. The molecule has 0 radical (unpaired) electrons. The molecule has 8 nitrogen and oxygen atoms in total. The molecule has 0 bridgehead atoms. The number of benzene rings is 1. The molecule has 1 aromatic carbocycles. The third kappa shape index (κ3) is 3.69. The van der Waals surface area contributed by atoms with Crippen molar-refractivity contribution in [1.29, 1.82) is 0 Å². The number of hydrogen-bond donors (Lipinski definition) is 3. The number of aromatic amines is 1. The highest BCUT2D eigenvalue weighted by molar-refractivity contribution is 5.95. The summed E-state index contributed by atoms with van der Waals surface area (Å²) >= 11 is 0. The molecule has 6 rings (SSSR count). The summed E-state index contributed by atoms with van der Waals surface area (Å²) < 4.78 is 5.61. The van der Waals surface area contributed by atoms with Crippen molar-refractivity contribution >= 4 is 27.9 Å². The Morgan fingerprint density at radius 2 is 2.18 bits per heavy atom. The third-order valence-electron chi connectivity index (χ3n) is 7.48. The van der Waals surface area contributed by atoms with Crippen LogP contribution in [0.25, 0.3) is 22.0 Å². The van der Waals surface area contributed by atoms with Gasteiger partial charge in [0.05, 0.1) is 17.2 Å². The summed E-state index contributed by atoms with van der Waals surface area (Å²) in [6, 6.07) is 9.51. The quantitative estimate of drug-likeness (QED) is 0.434. The summed E-state index contributed by atoms with van der Waals surface area (Å²) in [6.45, 7) is 4.29. The molecule has 1 aliphatic heterocycles. The van der Waals surface area contributed by atoms with E-state index in [9.17, 15) is 9.90 Å². The second-order valence-electron chi connectivity index (χ2n) is 9.51. The van der Waals surface area contributed by atoms with E-state index in [1.807, 2.05) is 31.2 Å². The van der Waals surface area contributed by atoms with Crippen LogP contribution in [0.4, 0.5) is 0 Å². The van der Waals surface area contributed by atoms with E-state index < -0.39 is 6.23 Å². The van der Waals surface area contributed by atoms with Gasteiger partial charge in [0.15, 0.2) is 11.3 Å². The predicted molar refractivity (Wildman–Crippen MR) is 123 cm³/mol. The number of likely N-dealkylation sites (tertiary alicyclic amines) is 1. The maximum absolute atomic E-state index is 12.5. The van der Waals surface area contributed by atoms with Crippen LogP contribution in [0.15, 0.2) is 47.1 Å². The van der Waals surface area contributed by atoms with E-state index in [2.05, 4.69) is 25.2 Å². The van der Waals surface area contributed by atoms with Crippen molar-refractivity contribution in [3.63, 3.8) is 0 Å². The molecule has 1 saturated carbocycles. The number of imidazole rings is 1. The molecule has 1 amide bonds. The molecule has 2 atom stereocenters. The number of nitrogens with one attached hydrogen (secondary N) is 2. The van der Waals surface area contributed by atoms with Crippen LogP contribution in [-0.4, -0.2) is 50.5 Å². The van der Waals surface area contributed by atoms with Crippen LogP contribution >= 0.6 is 0 Å². The fourth-order valence-corrected chi connectivity index (χ4v) is 5.37. The average Bonchev–Trinajstić information content (AvgIpc) is 3.15. The van der Waals surface area contributed by atoms with Crippen molar-refractivity contribution in [1.82, 2.24) is 25.2 Å². The number of H-pyrrole nitrogens is 1. The Balaban J connectivity index is 1.03. The minimum absolute atomic E-state index is 0.175. The zero-order valence-electron chi connectivity index (χ0n) is 18.5. The number of aliphatic hydroxyl groups excluding tert-OH is 1. The highest BCUT2D eigenvalue weighted by Gasteiger charge is 2.54. The number of carbonyl (C=O) groups is 1. The molecule has 2 unspecified atom stereocenters. The maximum atomic E-state index is 12.5. The van der Waals surface area contributed by atoms with E-state index in [0.29, 0.717) is 23.8 Å². The fraction of sp³-hybridized carbons (Fsp3) is 0.400. The lowest BCUT2D eigenvalue weighted by Crippen LogP contribution is -2.38. The van der Waals surface area contributed by atoms with Crippen LogP contribution in [0.3, 0.4) is 0 Å². The molecule has 3 N–H and O–H groups in total. The lowest BCUT2D eigenvalue weighted by Gasteiger charge is -2.36. The first-order chi connectivity index (χ1) is 16.0. The number of hydrogen-bond acceptors (Lipinski definition) is 6. The van der Waals surface area contributed by atoms with Gasteiger partial charge < -0.3 is 19.8 Å². The second-order valence-corrected chi connectivity index (χ2v) is 9.51. The van der Waals surface area contributed by atoms with Gasteiger partial charge in [0.2, 0.25) is 0 Å². The molecule has 1 aliphatic carbocycles. The number of nitrogens with zero attached hydrogens (tertiary/aromatic N) is 3. The van der Waals surface area contributed by atoms with E-state index in [1.54, 1.807) is 18.5 Å². The summed E-state index contributed by atoms with van der Waals surface area (Å²) in [5, 5.41) is 14.9. The van der Waals surface area contributed by atoms with Crippen molar-refractivity contribution in [2.24, 2.45) is 11.3 Å². The summed E-state index contributed by atoms with van der Waals surface area (Å²) in [4.78, 5) is 26.4.